The number of hydrogen-bond donors (Lipinski definition) is 3. The maximum atomic E-state index is 11.0. The molecule has 2 rings (SSSR count). The molecule has 3 N–H and O–H groups in total. The molecule has 0 aliphatic heterocycles. The molecule has 0 atom stereocenters. The van der Waals surface area contributed by atoms with Crippen LogP contribution in [0.25, 0.3) is 5.53 Å². The zero-order chi connectivity index (χ0) is 16.2. The fourth-order valence-corrected chi connectivity index (χ4v) is 2.37. The summed E-state index contributed by atoms with van der Waals surface area (Å²) < 4.78 is 15.7. The first kappa shape index (κ1) is 16.2. The molecule has 116 valence electrons. The number of hydrogen-bond acceptors (Lipinski definition) is 3. The summed E-state index contributed by atoms with van der Waals surface area (Å²) in [6, 6.07) is 7.65. The summed E-state index contributed by atoms with van der Waals surface area (Å²) in [5, 5.41) is 3.04. The van der Waals surface area contributed by atoms with E-state index >= 15 is 0 Å². The smallest absolute Gasteiger partial charge is 0.402 e. The van der Waals surface area contributed by atoms with Crippen LogP contribution in [0.15, 0.2) is 47.9 Å². The first-order valence-electron chi connectivity index (χ1n) is 6.65. The Kier molecular flexibility index (Phi) is 4.96. The van der Waals surface area contributed by atoms with Crippen molar-refractivity contribution in [1.82, 2.24) is 0 Å². The molecule has 0 bridgehead atoms. The van der Waals surface area contributed by atoms with Gasteiger partial charge in [0.25, 0.3) is 5.71 Å². The van der Waals surface area contributed by atoms with Gasteiger partial charge in [0.1, 0.15) is 0 Å². The Balaban J connectivity index is 2.23. The van der Waals surface area contributed by atoms with Crippen LogP contribution in [0.3, 0.4) is 0 Å². The standard InChI is InChI=1S/C14H16N3O4P/c1-2-10-3-5-11(6-4-10)16-13-8-7-12(17-15)9-14(13)21-22(18,19)20/h3-6,8-9,16H,2,7H2,1H3,(H2,18,19,20). The minimum atomic E-state index is -4.71. The molecule has 0 unspecified atom stereocenters. The fourth-order valence-electron chi connectivity index (χ4n) is 1.96. The van der Waals surface area contributed by atoms with Crippen molar-refractivity contribution in [1.29, 1.82) is 0 Å². The number of phosphoric acid groups is 1. The molecule has 22 heavy (non-hydrogen) atoms. The topological polar surface area (TPSA) is 115 Å². The number of nitrogens with one attached hydrogen (secondary N) is 1. The quantitative estimate of drug-likeness (QED) is 0.438. The first-order chi connectivity index (χ1) is 10.4. The molecule has 0 saturated heterocycles. The van der Waals surface area contributed by atoms with E-state index in [1.165, 1.54) is 11.6 Å². The lowest BCUT2D eigenvalue weighted by Gasteiger charge is -2.17. The van der Waals surface area contributed by atoms with Crippen molar-refractivity contribution in [3.05, 3.63) is 59.0 Å². The van der Waals surface area contributed by atoms with Crippen LogP contribution >= 0.6 is 7.82 Å². The molecule has 0 saturated carbocycles. The lowest BCUT2D eigenvalue weighted by Crippen LogP contribution is -2.12. The molecule has 0 radical (unpaired) electrons. The van der Waals surface area contributed by atoms with Crippen molar-refractivity contribution >= 4 is 19.2 Å². The van der Waals surface area contributed by atoms with E-state index in [0.717, 1.165) is 12.1 Å². The number of aryl methyl sites for hydroxylation is 1. The monoisotopic (exact) mass is 321 g/mol. The Morgan fingerprint density at radius 1 is 1.36 bits per heavy atom. The van der Waals surface area contributed by atoms with Crippen LogP contribution in [0, 0.1) is 0 Å². The second-order valence-corrected chi connectivity index (χ2v) is 5.84. The summed E-state index contributed by atoms with van der Waals surface area (Å²) in [5.41, 5.74) is 11.4. The van der Waals surface area contributed by atoms with Gasteiger partial charge in [-0.05, 0) is 30.2 Å². The Bertz CT molecular complexity index is 712. The van der Waals surface area contributed by atoms with Crippen LogP contribution in [0.5, 0.6) is 0 Å². The minimum absolute atomic E-state index is 0.0769. The number of nitrogens with zero attached hydrogens (tertiary/aromatic N) is 2. The van der Waals surface area contributed by atoms with Crippen LogP contribution in [-0.2, 0) is 15.5 Å². The van der Waals surface area contributed by atoms with Gasteiger partial charge in [-0.1, -0.05) is 19.1 Å². The molecular weight excluding hydrogens is 305 g/mol. The largest absolute Gasteiger partial charge is 0.524 e. The van der Waals surface area contributed by atoms with Gasteiger partial charge in [-0.2, -0.15) is 4.79 Å². The average Bonchev–Trinajstić information content (AvgIpc) is 2.48. The normalized spacial score (nSPS) is 14.8. The zero-order valence-electron chi connectivity index (χ0n) is 11.9. The van der Waals surface area contributed by atoms with Crippen molar-refractivity contribution in [3.63, 3.8) is 0 Å². The van der Waals surface area contributed by atoms with Crippen LogP contribution in [0.2, 0.25) is 0 Å². The van der Waals surface area contributed by atoms with Gasteiger partial charge in [0.2, 0.25) is 0 Å². The maximum absolute atomic E-state index is 11.0. The fraction of sp³-hybridized carbons (Fsp3) is 0.214. The third kappa shape index (κ3) is 4.41. The third-order valence-corrected chi connectivity index (χ3v) is 3.50. The Labute approximate surface area is 127 Å². The third-order valence-electron chi connectivity index (χ3n) is 3.07. The number of rotatable bonds is 5. The van der Waals surface area contributed by atoms with Crippen molar-refractivity contribution in [3.8, 4) is 0 Å². The second kappa shape index (κ2) is 6.73. The van der Waals surface area contributed by atoms with Crippen LogP contribution < -0.4 is 5.32 Å². The molecule has 0 aromatic heterocycles. The van der Waals surface area contributed by atoms with Gasteiger partial charge in [-0.25, -0.2) is 4.57 Å². The molecule has 1 aliphatic carbocycles. The molecular formula is C14H16N3O4P. The number of allylic oxidation sites excluding steroid dienone is 2. The van der Waals surface area contributed by atoms with Gasteiger partial charge in [0.05, 0.1) is 18.2 Å². The number of anilines is 1. The summed E-state index contributed by atoms with van der Waals surface area (Å²) >= 11 is 0. The van der Waals surface area contributed by atoms with Gasteiger partial charge >= 0.3 is 7.82 Å². The predicted molar refractivity (Wildman–Crippen MR) is 82.0 cm³/mol. The van der Waals surface area contributed by atoms with E-state index in [9.17, 15) is 4.57 Å². The molecule has 0 fully saturated rings. The zero-order valence-corrected chi connectivity index (χ0v) is 12.8. The molecule has 0 amide bonds. The summed E-state index contributed by atoms with van der Waals surface area (Å²) in [6.07, 6.45) is 4.15. The number of benzene rings is 1. The highest BCUT2D eigenvalue weighted by Crippen LogP contribution is 2.41. The Hall–Kier alpha value is -2.17. The highest BCUT2D eigenvalue weighted by molar-refractivity contribution is 7.46. The highest BCUT2D eigenvalue weighted by Gasteiger charge is 2.25. The van der Waals surface area contributed by atoms with E-state index in [-0.39, 0.29) is 11.5 Å². The van der Waals surface area contributed by atoms with Crippen molar-refractivity contribution in [2.75, 3.05) is 5.32 Å². The van der Waals surface area contributed by atoms with E-state index < -0.39 is 7.82 Å². The predicted octanol–water partition coefficient (Wildman–Crippen LogP) is 2.61. The molecule has 7 nitrogen and oxygen atoms in total. The second-order valence-electron chi connectivity index (χ2n) is 4.68. The molecule has 8 heteroatoms. The van der Waals surface area contributed by atoms with Gasteiger partial charge < -0.3 is 15.4 Å². The SMILES string of the molecule is CCc1ccc(NC2=CCC(=[N+]=[N-])C=C2OP(=O)(O)O)cc1. The molecule has 1 aliphatic rings. The maximum Gasteiger partial charge on any atom is 0.524 e. The summed E-state index contributed by atoms with van der Waals surface area (Å²) in [5.74, 6) is -0.0769. The van der Waals surface area contributed by atoms with E-state index in [1.807, 2.05) is 24.3 Å². The van der Waals surface area contributed by atoms with Crippen LogP contribution in [0.4, 0.5) is 5.69 Å². The summed E-state index contributed by atoms with van der Waals surface area (Å²) in [6.45, 7) is 2.05. The van der Waals surface area contributed by atoms with Gasteiger partial charge in [-0.15, -0.1) is 0 Å². The minimum Gasteiger partial charge on any atom is -0.402 e. The first-order valence-corrected chi connectivity index (χ1v) is 8.18. The molecule has 1 aromatic rings. The van der Waals surface area contributed by atoms with Crippen LogP contribution in [-0.4, -0.2) is 20.3 Å². The van der Waals surface area contributed by atoms with Gasteiger partial charge in [0, 0.05) is 5.69 Å². The lowest BCUT2D eigenvalue weighted by molar-refractivity contribution is -0.00565. The number of phosphoric ester groups is 1. The Morgan fingerprint density at radius 3 is 2.59 bits per heavy atom. The lowest BCUT2D eigenvalue weighted by atomic mass is 10.1. The van der Waals surface area contributed by atoms with Crippen LogP contribution in [0.1, 0.15) is 18.9 Å². The molecule has 0 spiro atoms. The van der Waals surface area contributed by atoms with E-state index in [4.69, 9.17) is 15.3 Å². The highest BCUT2D eigenvalue weighted by atomic mass is 31.2. The summed E-state index contributed by atoms with van der Waals surface area (Å²) in [7, 11) is -4.71. The van der Waals surface area contributed by atoms with Crippen molar-refractivity contribution < 1.29 is 23.7 Å². The van der Waals surface area contributed by atoms with Crippen molar-refractivity contribution in [2.45, 2.75) is 19.8 Å². The van der Waals surface area contributed by atoms with Crippen molar-refractivity contribution in [2.24, 2.45) is 0 Å². The average molecular weight is 321 g/mol. The van der Waals surface area contributed by atoms with Gasteiger partial charge in [-0.3, -0.25) is 9.79 Å². The molecule has 1 aromatic carbocycles. The van der Waals surface area contributed by atoms with E-state index in [2.05, 4.69) is 21.6 Å². The molecule has 0 heterocycles. The van der Waals surface area contributed by atoms with Gasteiger partial charge in [0.15, 0.2) is 5.76 Å². The van der Waals surface area contributed by atoms with E-state index in [1.54, 1.807) is 6.08 Å². The Morgan fingerprint density at radius 2 is 2.05 bits per heavy atom. The van der Waals surface area contributed by atoms with E-state index in [0.29, 0.717) is 12.1 Å². The summed E-state index contributed by atoms with van der Waals surface area (Å²) in [4.78, 5) is 21.0.